The van der Waals surface area contributed by atoms with Gasteiger partial charge in [-0.15, -0.1) is 0 Å². The average molecular weight is 243 g/mol. The van der Waals surface area contributed by atoms with Gasteiger partial charge >= 0.3 is 5.97 Å². The third kappa shape index (κ3) is 3.23. The first-order valence-electron chi connectivity index (χ1n) is 5.98. The Morgan fingerprint density at radius 3 is 2.61 bits per heavy atom. The van der Waals surface area contributed by atoms with Crippen molar-refractivity contribution in [3.05, 3.63) is 59.4 Å². The first-order valence-corrected chi connectivity index (χ1v) is 5.98. The number of rotatable bonds is 4. The van der Waals surface area contributed by atoms with Crippen molar-refractivity contribution in [3.8, 4) is 0 Å². The predicted octanol–water partition coefficient (Wildman–Crippen LogP) is 2.91. The number of nitrogens with zero attached hydrogens (tertiary/aromatic N) is 1. The molecule has 0 N–H and O–H groups in total. The number of hydrogen-bond donors (Lipinski definition) is 0. The second-order valence-corrected chi connectivity index (χ2v) is 4.38. The van der Waals surface area contributed by atoms with Crippen molar-refractivity contribution >= 4 is 5.97 Å². The molecule has 0 fully saturated rings. The van der Waals surface area contributed by atoms with E-state index in [0.717, 1.165) is 12.1 Å². The van der Waals surface area contributed by atoms with E-state index in [0.29, 0.717) is 6.61 Å². The van der Waals surface area contributed by atoms with Crippen LogP contribution in [0.3, 0.4) is 0 Å². The predicted molar refractivity (Wildman–Crippen MR) is 70.2 cm³/mol. The first kappa shape index (κ1) is 12.4. The molecule has 0 spiro atoms. The Hall–Kier alpha value is -2.03. The minimum Gasteiger partial charge on any atom is -0.461 e. The third-order valence-corrected chi connectivity index (χ3v) is 2.81. The van der Waals surface area contributed by atoms with Crippen LogP contribution in [0.1, 0.15) is 23.7 Å². The van der Waals surface area contributed by atoms with E-state index >= 15 is 0 Å². The Kier molecular flexibility index (Phi) is 3.82. The van der Waals surface area contributed by atoms with Crippen molar-refractivity contribution in [2.45, 2.75) is 27.0 Å². The molecule has 94 valence electrons. The molecule has 3 heteroatoms. The van der Waals surface area contributed by atoms with Gasteiger partial charge in [-0.1, -0.05) is 30.3 Å². The highest BCUT2D eigenvalue weighted by Crippen LogP contribution is 2.12. The maximum Gasteiger partial charge on any atom is 0.302 e. The lowest BCUT2D eigenvalue weighted by atomic mass is 10.2. The Balaban J connectivity index is 2.07. The normalized spacial score (nSPS) is 10.3. The summed E-state index contributed by atoms with van der Waals surface area (Å²) in [6, 6.07) is 12.3. The van der Waals surface area contributed by atoms with Crippen molar-refractivity contribution in [1.82, 2.24) is 4.57 Å². The van der Waals surface area contributed by atoms with Gasteiger partial charge in [-0.3, -0.25) is 4.79 Å². The fourth-order valence-corrected chi connectivity index (χ4v) is 1.90. The minimum absolute atomic E-state index is 0.247. The second-order valence-electron chi connectivity index (χ2n) is 4.38. The molecule has 0 saturated carbocycles. The molecule has 0 aliphatic heterocycles. The molecule has 0 aliphatic carbocycles. The van der Waals surface area contributed by atoms with E-state index in [1.54, 1.807) is 0 Å². The highest BCUT2D eigenvalue weighted by atomic mass is 16.5. The molecule has 0 atom stereocenters. The summed E-state index contributed by atoms with van der Waals surface area (Å²) in [6.07, 6.45) is 2.03. The molecule has 3 nitrogen and oxygen atoms in total. The summed E-state index contributed by atoms with van der Waals surface area (Å²) in [5.74, 6) is -0.247. The van der Waals surface area contributed by atoms with Crippen LogP contribution in [-0.2, 0) is 22.7 Å². The molecule has 18 heavy (non-hydrogen) atoms. The lowest BCUT2D eigenvalue weighted by Crippen LogP contribution is -2.00. The standard InChI is InChI=1S/C15H17NO2/c1-12-8-15(11-18-13(2)17)10-16(12)9-14-6-4-3-5-7-14/h3-8,10H,9,11H2,1-2H3. The van der Waals surface area contributed by atoms with Crippen molar-refractivity contribution in [2.75, 3.05) is 0 Å². The van der Waals surface area contributed by atoms with Crippen LogP contribution in [0.25, 0.3) is 0 Å². The van der Waals surface area contributed by atoms with Crippen LogP contribution in [-0.4, -0.2) is 10.5 Å². The number of carbonyl (C=O) groups excluding carboxylic acids is 1. The van der Waals surface area contributed by atoms with Gasteiger partial charge < -0.3 is 9.30 Å². The second kappa shape index (κ2) is 5.54. The van der Waals surface area contributed by atoms with Crippen molar-refractivity contribution in [1.29, 1.82) is 0 Å². The summed E-state index contributed by atoms with van der Waals surface area (Å²) in [4.78, 5) is 10.8. The van der Waals surface area contributed by atoms with Gasteiger partial charge in [-0.2, -0.15) is 0 Å². The fourth-order valence-electron chi connectivity index (χ4n) is 1.90. The van der Waals surface area contributed by atoms with E-state index in [9.17, 15) is 4.79 Å². The van der Waals surface area contributed by atoms with Crippen LogP contribution in [0, 0.1) is 6.92 Å². The van der Waals surface area contributed by atoms with Gasteiger partial charge in [0.05, 0.1) is 0 Å². The van der Waals surface area contributed by atoms with Gasteiger partial charge in [-0.05, 0) is 18.6 Å². The lowest BCUT2D eigenvalue weighted by molar-refractivity contribution is -0.142. The molecule has 0 saturated heterocycles. The molecular weight excluding hydrogens is 226 g/mol. The molecule has 0 bridgehead atoms. The van der Waals surface area contributed by atoms with Crippen LogP contribution in [0.4, 0.5) is 0 Å². The van der Waals surface area contributed by atoms with Crippen LogP contribution in [0.2, 0.25) is 0 Å². The molecule has 1 aromatic carbocycles. The fraction of sp³-hybridized carbons (Fsp3) is 0.267. The number of ether oxygens (including phenoxy) is 1. The Morgan fingerprint density at radius 2 is 1.94 bits per heavy atom. The van der Waals surface area contributed by atoms with Crippen molar-refractivity contribution in [2.24, 2.45) is 0 Å². The maximum absolute atomic E-state index is 10.8. The SMILES string of the molecule is CC(=O)OCc1cc(C)n(Cc2ccccc2)c1. The Morgan fingerprint density at radius 1 is 1.22 bits per heavy atom. The smallest absolute Gasteiger partial charge is 0.302 e. The molecule has 2 rings (SSSR count). The number of hydrogen-bond acceptors (Lipinski definition) is 2. The molecule has 0 aliphatic rings. The van der Waals surface area contributed by atoms with Crippen LogP contribution in [0.15, 0.2) is 42.6 Å². The molecule has 2 aromatic rings. The maximum atomic E-state index is 10.8. The molecular formula is C15H17NO2. The molecule has 1 heterocycles. The van der Waals surface area contributed by atoms with Crippen molar-refractivity contribution < 1.29 is 9.53 Å². The third-order valence-electron chi connectivity index (χ3n) is 2.81. The number of aromatic nitrogens is 1. The number of benzene rings is 1. The molecule has 1 aromatic heterocycles. The van der Waals surface area contributed by atoms with Gasteiger partial charge in [-0.25, -0.2) is 0 Å². The number of aryl methyl sites for hydroxylation is 1. The first-order chi connectivity index (χ1) is 8.65. The minimum atomic E-state index is -0.247. The van der Waals surface area contributed by atoms with Crippen LogP contribution < -0.4 is 0 Å². The van der Waals surface area contributed by atoms with Gasteiger partial charge in [0.2, 0.25) is 0 Å². The van der Waals surface area contributed by atoms with E-state index < -0.39 is 0 Å². The summed E-state index contributed by atoms with van der Waals surface area (Å²) >= 11 is 0. The largest absolute Gasteiger partial charge is 0.461 e. The zero-order chi connectivity index (χ0) is 13.0. The van der Waals surface area contributed by atoms with E-state index in [2.05, 4.69) is 23.6 Å². The topological polar surface area (TPSA) is 31.2 Å². The zero-order valence-electron chi connectivity index (χ0n) is 10.7. The van der Waals surface area contributed by atoms with Gasteiger partial charge in [0.1, 0.15) is 6.61 Å². The van der Waals surface area contributed by atoms with E-state index in [1.165, 1.54) is 18.2 Å². The van der Waals surface area contributed by atoms with E-state index in [-0.39, 0.29) is 5.97 Å². The van der Waals surface area contributed by atoms with Crippen LogP contribution in [0.5, 0.6) is 0 Å². The summed E-state index contributed by atoms with van der Waals surface area (Å²) in [5.41, 5.74) is 3.45. The highest BCUT2D eigenvalue weighted by molar-refractivity contribution is 5.65. The monoisotopic (exact) mass is 243 g/mol. The van der Waals surface area contributed by atoms with Gasteiger partial charge in [0, 0.05) is 30.9 Å². The summed E-state index contributed by atoms with van der Waals surface area (Å²) in [5, 5.41) is 0. The van der Waals surface area contributed by atoms with Gasteiger partial charge in [0.25, 0.3) is 0 Å². The number of esters is 1. The summed E-state index contributed by atoms with van der Waals surface area (Å²) in [6.45, 7) is 4.67. The Labute approximate surface area is 107 Å². The quantitative estimate of drug-likeness (QED) is 0.773. The van der Waals surface area contributed by atoms with E-state index in [4.69, 9.17) is 4.74 Å². The summed E-state index contributed by atoms with van der Waals surface area (Å²) in [7, 11) is 0. The Bertz CT molecular complexity index is 529. The van der Waals surface area contributed by atoms with E-state index in [1.807, 2.05) is 30.5 Å². The lowest BCUT2D eigenvalue weighted by Gasteiger charge is -2.05. The van der Waals surface area contributed by atoms with Crippen molar-refractivity contribution in [3.63, 3.8) is 0 Å². The molecule has 0 unspecified atom stereocenters. The van der Waals surface area contributed by atoms with Gasteiger partial charge in [0.15, 0.2) is 0 Å². The molecule has 0 radical (unpaired) electrons. The highest BCUT2D eigenvalue weighted by Gasteiger charge is 2.04. The molecule has 0 amide bonds. The zero-order valence-corrected chi connectivity index (χ0v) is 10.7. The number of carbonyl (C=O) groups is 1. The van der Waals surface area contributed by atoms with Crippen LogP contribution >= 0.6 is 0 Å². The average Bonchev–Trinajstić information content (AvgIpc) is 2.69. The summed E-state index contributed by atoms with van der Waals surface area (Å²) < 4.78 is 7.16.